The summed E-state index contributed by atoms with van der Waals surface area (Å²) < 4.78 is 25.1. The van der Waals surface area contributed by atoms with Crippen molar-refractivity contribution in [2.75, 3.05) is 14.1 Å². The standard InChI is InChI=1S/C17H16N2O5S/c1-18(2)25(23,24)16-9-7-14(8-10-16)17(20)11-6-13-4-3-5-15(12-13)19(21)22/h3-12H,1-2H3/b11-6+. The van der Waals surface area contributed by atoms with Crippen molar-refractivity contribution in [2.24, 2.45) is 0 Å². The maximum Gasteiger partial charge on any atom is 0.270 e. The van der Waals surface area contributed by atoms with Crippen molar-refractivity contribution in [1.82, 2.24) is 4.31 Å². The average Bonchev–Trinajstić information content (AvgIpc) is 2.59. The molecule has 0 radical (unpaired) electrons. The van der Waals surface area contributed by atoms with E-state index in [1.165, 1.54) is 68.7 Å². The van der Waals surface area contributed by atoms with Gasteiger partial charge in [-0.05, 0) is 35.9 Å². The number of hydrogen-bond acceptors (Lipinski definition) is 5. The van der Waals surface area contributed by atoms with Gasteiger partial charge in [0.25, 0.3) is 5.69 Å². The first-order valence-corrected chi connectivity index (χ1v) is 8.65. The van der Waals surface area contributed by atoms with E-state index in [9.17, 15) is 23.3 Å². The minimum absolute atomic E-state index is 0.0622. The number of carbonyl (C=O) groups is 1. The molecule has 0 aliphatic rings. The molecule has 0 fully saturated rings. The van der Waals surface area contributed by atoms with E-state index in [-0.39, 0.29) is 16.4 Å². The predicted molar refractivity (Wildman–Crippen MR) is 93.8 cm³/mol. The lowest BCUT2D eigenvalue weighted by molar-refractivity contribution is -0.384. The number of sulfonamides is 1. The first-order chi connectivity index (χ1) is 11.7. The molecule has 130 valence electrons. The molecule has 0 unspecified atom stereocenters. The second-order valence-corrected chi connectivity index (χ2v) is 7.51. The zero-order valence-electron chi connectivity index (χ0n) is 13.6. The van der Waals surface area contributed by atoms with Crippen LogP contribution in [0.2, 0.25) is 0 Å². The predicted octanol–water partition coefficient (Wildman–Crippen LogP) is 2.74. The van der Waals surface area contributed by atoms with Crippen LogP contribution in [-0.4, -0.2) is 37.5 Å². The Morgan fingerprint density at radius 3 is 2.32 bits per heavy atom. The second kappa shape index (κ2) is 7.37. The van der Waals surface area contributed by atoms with E-state index in [4.69, 9.17) is 0 Å². The zero-order chi connectivity index (χ0) is 18.6. The maximum absolute atomic E-state index is 12.2. The largest absolute Gasteiger partial charge is 0.289 e. The summed E-state index contributed by atoms with van der Waals surface area (Å²) in [5.74, 6) is -0.333. The van der Waals surface area contributed by atoms with E-state index in [2.05, 4.69) is 0 Å². The van der Waals surface area contributed by atoms with Crippen LogP contribution in [0.1, 0.15) is 15.9 Å². The summed E-state index contributed by atoms with van der Waals surface area (Å²) in [7, 11) is -0.694. The first-order valence-electron chi connectivity index (χ1n) is 7.21. The van der Waals surface area contributed by atoms with Gasteiger partial charge in [0.15, 0.2) is 5.78 Å². The molecular weight excluding hydrogens is 344 g/mol. The van der Waals surface area contributed by atoms with E-state index in [0.717, 1.165) is 4.31 Å². The number of allylic oxidation sites excluding steroid dienone is 1. The van der Waals surface area contributed by atoms with Gasteiger partial charge in [0.2, 0.25) is 10.0 Å². The minimum atomic E-state index is -3.55. The van der Waals surface area contributed by atoms with Crippen molar-refractivity contribution in [3.63, 3.8) is 0 Å². The molecule has 25 heavy (non-hydrogen) atoms. The number of rotatable bonds is 6. The highest BCUT2D eigenvalue weighted by Gasteiger charge is 2.17. The molecule has 0 saturated heterocycles. The van der Waals surface area contributed by atoms with Crippen LogP contribution in [0.5, 0.6) is 0 Å². The van der Waals surface area contributed by atoms with Crippen molar-refractivity contribution in [2.45, 2.75) is 4.90 Å². The van der Waals surface area contributed by atoms with Crippen molar-refractivity contribution in [1.29, 1.82) is 0 Å². The summed E-state index contributed by atoms with van der Waals surface area (Å²) in [6, 6.07) is 11.5. The average molecular weight is 360 g/mol. The third-order valence-electron chi connectivity index (χ3n) is 3.43. The monoisotopic (exact) mass is 360 g/mol. The maximum atomic E-state index is 12.2. The molecular formula is C17H16N2O5S. The van der Waals surface area contributed by atoms with Gasteiger partial charge in [-0.3, -0.25) is 14.9 Å². The summed E-state index contributed by atoms with van der Waals surface area (Å²) in [6.07, 6.45) is 2.76. The van der Waals surface area contributed by atoms with Gasteiger partial charge in [-0.25, -0.2) is 12.7 Å². The second-order valence-electron chi connectivity index (χ2n) is 5.36. The number of benzene rings is 2. The lowest BCUT2D eigenvalue weighted by atomic mass is 10.1. The molecule has 0 aliphatic heterocycles. The van der Waals surface area contributed by atoms with Gasteiger partial charge in [-0.15, -0.1) is 0 Å². The van der Waals surface area contributed by atoms with Crippen LogP contribution >= 0.6 is 0 Å². The number of ketones is 1. The molecule has 0 amide bonds. The summed E-state index contributed by atoms with van der Waals surface area (Å²) in [5.41, 5.74) is 0.779. The third-order valence-corrected chi connectivity index (χ3v) is 5.25. The van der Waals surface area contributed by atoms with Gasteiger partial charge in [0, 0.05) is 31.8 Å². The molecule has 7 nitrogen and oxygen atoms in total. The molecule has 2 aromatic carbocycles. The van der Waals surface area contributed by atoms with Crippen LogP contribution in [0.4, 0.5) is 5.69 Å². The molecule has 2 rings (SSSR count). The highest BCUT2D eigenvalue weighted by atomic mass is 32.2. The quantitative estimate of drug-likeness (QED) is 0.341. The molecule has 0 heterocycles. The molecule has 0 atom stereocenters. The molecule has 0 aromatic heterocycles. The molecule has 0 bridgehead atoms. The van der Waals surface area contributed by atoms with Gasteiger partial charge >= 0.3 is 0 Å². The van der Waals surface area contributed by atoms with Crippen molar-refractivity contribution in [3.05, 3.63) is 75.8 Å². The van der Waals surface area contributed by atoms with Crippen molar-refractivity contribution < 1.29 is 18.1 Å². The number of nitro benzene ring substituents is 1. The van der Waals surface area contributed by atoms with Crippen LogP contribution in [-0.2, 0) is 10.0 Å². The summed E-state index contributed by atoms with van der Waals surface area (Å²) in [5, 5.41) is 10.7. The van der Waals surface area contributed by atoms with E-state index >= 15 is 0 Å². The van der Waals surface area contributed by atoms with E-state index in [0.29, 0.717) is 11.1 Å². The fourth-order valence-electron chi connectivity index (χ4n) is 2.01. The van der Waals surface area contributed by atoms with Crippen LogP contribution in [0.15, 0.2) is 59.5 Å². The lowest BCUT2D eigenvalue weighted by Crippen LogP contribution is -2.22. The lowest BCUT2D eigenvalue weighted by Gasteiger charge is -2.11. The van der Waals surface area contributed by atoms with Crippen molar-refractivity contribution >= 4 is 27.6 Å². The van der Waals surface area contributed by atoms with E-state index in [1.807, 2.05) is 0 Å². The summed E-state index contributed by atoms with van der Waals surface area (Å²) in [4.78, 5) is 22.5. The summed E-state index contributed by atoms with van der Waals surface area (Å²) >= 11 is 0. The Balaban J connectivity index is 2.19. The molecule has 0 spiro atoms. The SMILES string of the molecule is CN(C)S(=O)(=O)c1ccc(C(=O)/C=C/c2cccc([N+](=O)[O-])c2)cc1. The summed E-state index contributed by atoms with van der Waals surface area (Å²) in [6.45, 7) is 0. The van der Waals surface area contributed by atoms with Gasteiger partial charge in [0.1, 0.15) is 0 Å². The number of hydrogen-bond donors (Lipinski definition) is 0. The highest BCUT2D eigenvalue weighted by molar-refractivity contribution is 7.89. The number of nitrogens with zero attached hydrogens (tertiary/aromatic N) is 2. The number of nitro groups is 1. The molecule has 8 heteroatoms. The Hall–Kier alpha value is -2.84. The van der Waals surface area contributed by atoms with Crippen LogP contribution in [0.25, 0.3) is 6.08 Å². The normalized spacial score (nSPS) is 11.8. The Bertz CT molecular complexity index is 932. The topological polar surface area (TPSA) is 97.6 Å². The Kier molecular flexibility index (Phi) is 5.45. The molecule has 0 N–H and O–H groups in total. The van der Waals surface area contributed by atoms with Gasteiger partial charge in [-0.1, -0.05) is 18.2 Å². The van der Waals surface area contributed by atoms with Gasteiger partial charge in [-0.2, -0.15) is 0 Å². The number of carbonyl (C=O) groups excluding carboxylic acids is 1. The first kappa shape index (κ1) is 18.5. The fraction of sp³-hybridized carbons (Fsp3) is 0.118. The highest BCUT2D eigenvalue weighted by Crippen LogP contribution is 2.16. The molecule has 2 aromatic rings. The van der Waals surface area contributed by atoms with Crippen LogP contribution in [0, 0.1) is 10.1 Å². The Labute approximate surface area is 145 Å². The van der Waals surface area contributed by atoms with Crippen LogP contribution in [0.3, 0.4) is 0 Å². The number of non-ortho nitro benzene ring substituents is 1. The molecule has 0 aliphatic carbocycles. The van der Waals surface area contributed by atoms with Crippen molar-refractivity contribution in [3.8, 4) is 0 Å². The van der Waals surface area contributed by atoms with Gasteiger partial charge < -0.3 is 0 Å². The van der Waals surface area contributed by atoms with Gasteiger partial charge in [0.05, 0.1) is 9.82 Å². The van der Waals surface area contributed by atoms with E-state index < -0.39 is 14.9 Å². The fourth-order valence-corrected chi connectivity index (χ4v) is 2.91. The molecule has 0 saturated carbocycles. The minimum Gasteiger partial charge on any atom is -0.289 e. The Morgan fingerprint density at radius 2 is 1.76 bits per heavy atom. The van der Waals surface area contributed by atoms with E-state index in [1.54, 1.807) is 6.07 Å². The smallest absolute Gasteiger partial charge is 0.270 e. The van der Waals surface area contributed by atoms with Crippen LogP contribution < -0.4 is 0 Å². The zero-order valence-corrected chi connectivity index (χ0v) is 14.4. The third kappa shape index (κ3) is 4.37. The Morgan fingerprint density at radius 1 is 1.12 bits per heavy atom.